The molecule has 0 spiro atoms. The Balaban J connectivity index is 2.60. The number of hydrogen-bond donors (Lipinski definition) is 1. The van der Waals surface area contributed by atoms with Gasteiger partial charge in [-0.3, -0.25) is 4.79 Å². The summed E-state index contributed by atoms with van der Waals surface area (Å²) < 4.78 is 6.16. The second-order valence-electron chi connectivity index (χ2n) is 2.82. The number of hydrogen-bond acceptors (Lipinski definition) is 2. The Kier molecular flexibility index (Phi) is 2.15. The number of benzene rings is 1. The topological polar surface area (TPSA) is 38.3 Å². The fourth-order valence-corrected chi connectivity index (χ4v) is 2.16. The highest BCUT2D eigenvalue weighted by Gasteiger charge is 2.21. The van der Waals surface area contributed by atoms with Crippen molar-refractivity contribution < 1.29 is 9.53 Å². The van der Waals surface area contributed by atoms with Crippen LogP contribution >= 0.6 is 22.6 Å². The number of rotatable bonds is 1. The fraction of sp³-hybridized carbons (Fsp3) is 0.222. The van der Waals surface area contributed by atoms with Crippen molar-refractivity contribution >= 4 is 28.5 Å². The van der Waals surface area contributed by atoms with Crippen molar-refractivity contribution in [3.8, 4) is 5.75 Å². The molecule has 1 aliphatic heterocycles. The average molecular weight is 289 g/mol. The number of ether oxygens (including phenoxy) is 1. The van der Waals surface area contributed by atoms with Crippen molar-refractivity contribution in [1.82, 2.24) is 5.32 Å². The summed E-state index contributed by atoms with van der Waals surface area (Å²) >= 11 is 2.21. The summed E-state index contributed by atoms with van der Waals surface area (Å²) in [6, 6.07) is 3.71. The minimum absolute atomic E-state index is 0.00758. The van der Waals surface area contributed by atoms with Gasteiger partial charge in [-0.15, -0.1) is 0 Å². The van der Waals surface area contributed by atoms with E-state index in [-0.39, 0.29) is 5.91 Å². The zero-order valence-corrected chi connectivity index (χ0v) is 9.21. The van der Waals surface area contributed by atoms with Crippen LogP contribution in [-0.2, 0) is 6.54 Å². The minimum atomic E-state index is -0.00758. The molecule has 68 valence electrons. The smallest absolute Gasteiger partial charge is 0.252 e. The van der Waals surface area contributed by atoms with Crippen molar-refractivity contribution in [3.63, 3.8) is 0 Å². The first-order valence-corrected chi connectivity index (χ1v) is 4.95. The zero-order chi connectivity index (χ0) is 9.42. The first-order chi connectivity index (χ1) is 6.22. The number of carbonyl (C=O) groups is 1. The molecule has 0 saturated heterocycles. The van der Waals surface area contributed by atoms with Gasteiger partial charge in [-0.25, -0.2) is 0 Å². The van der Waals surface area contributed by atoms with Crippen molar-refractivity contribution in [1.29, 1.82) is 0 Å². The second kappa shape index (κ2) is 3.17. The van der Waals surface area contributed by atoms with Gasteiger partial charge < -0.3 is 10.1 Å². The third-order valence-electron chi connectivity index (χ3n) is 2.08. The quantitative estimate of drug-likeness (QED) is 0.796. The third-order valence-corrected chi connectivity index (χ3v) is 3.04. The third kappa shape index (κ3) is 1.39. The van der Waals surface area contributed by atoms with Gasteiger partial charge in [0.2, 0.25) is 0 Å². The van der Waals surface area contributed by atoms with Crippen molar-refractivity contribution in [3.05, 3.63) is 26.8 Å². The van der Waals surface area contributed by atoms with Gasteiger partial charge in [0.15, 0.2) is 0 Å². The van der Waals surface area contributed by atoms with Gasteiger partial charge in [0.1, 0.15) is 5.75 Å². The summed E-state index contributed by atoms with van der Waals surface area (Å²) in [5, 5.41) is 2.78. The standard InChI is InChI=1S/C9H8INO2/c1-13-5-2-6-7(8(10)3-5)4-11-9(6)12/h2-3H,4H2,1H3,(H,11,12). The Hall–Kier alpha value is -0.780. The number of nitrogens with one attached hydrogen (secondary N) is 1. The van der Waals surface area contributed by atoms with Crippen LogP contribution in [0.4, 0.5) is 0 Å². The van der Waals surface area contributed by atoms with Crippen LogP contribution in [0.1, 0.15) is 15.9 Å². The summed E-state index contributed by atoms with van der Waals surface area (Å²) in [5.74, 6) is 0.729. The Morgan fingerprint density at radius 2 is 2.31 bits per heavy atom. The molecular weight excluding hydrogens is 281 g/mol. The van der Waals surface area contributed by atoms with Gasteiger partial charge >= 0.3 is 0 Å². The number of methoxy groups -OCH3 is 1. The maximum Gasteiger partial charge on any atom is 0.252 e. The van der Waals surface area contributed by atoms with E-state index in [0.717, 1.165) is 20.4 Å². The maximum atomic E-state index is 11.3. The van der Waals surface area contributed by atoms with E-state index in [9.17, 15) is 4.79 Å². The molecule has 4 heteroatoms. The molecule has 1 aromatic rings. The van der Waals surface area contributed by atoms with Gasteiger partial charge in [-0.05, 0) is 40.3 Å². The van der Waals surface area contributed by atoms with Crippen molar-refractivity contribution in [2.24, 2.45) is 0 Å². The van der Waals surface area contributed by atoms with Crippen LogP contribution in [0, 0.1) is 3.57 Å². The number of carbonyl (C=O) groups excluding carboxylic acids is 1. The van der Waals surface area contributed by atoms with Gasteiger partial charge in [0, 0.05) is 15.7 Å². The van der Waals surface area contributed by atoms with Crippen LogP contribution in [0.3, 0.4) is 0 Å². The Bertz CT molecular complexity index is 376. The Labute approximate surface area is 89.6 Å². The first kappa shape index (κ1) is 8.80. The molecule has 0 atom stereocenters. The van der Waals surface area contributed by atoms with Crippen molar-refractivity contribution in [2.45, 2.75) is 6.54 Å². The van der Waals surface area contributed by atoms with E-state index in [0.29, 0.717) is 6.54 Å². The van der Waals surface area contributed by atoms with E-state index >= 15 is 0 Å². The predicted octanol–water partition coefficient (Wildman–Crippen LogP) is 1.54. The molecule has 0 aliphatic carbocycles. The van der Waals surface area contributed by atoms with E-state index in [2.05, 4.69) is 27.9 Å². The summed E-state index contributed by atoms with van der Waals surface area (Å²) in [7, 11) is 1.60. The summed E-state index contributed by atoms with van der Waals surface area (Å²) in [6.07, 6.45) is 0. The molecule has 13 heavy (non-hydrogen) atoms. The van der Waals surface area contributed by atoms with Gasteiger partial charge in [-0.1, -0.05) is 0 Å². The van der Waals surface area contributed by atoms with Gasteiger partial charge in [0.25, 0.3) is 5.91 Å². The molecule has 1 N–H and O–H groups in total. The number of amides is 1. The highest BCUT2D eigenvalue weighted by atomic mass is 127. The zero-order valence-electron chi connectivity index (χ0n) is 7.06. The molecule has 0 saturated carbocycles. The monoisotopic (exact) mass is 289 g/mol. The molecule has 0 aromatic heterocycles. The van der Waals surface area contributed by atoms with E-state index < -0.39 is 0 Å². The fourth-order valence-electron chi connectivity index (χ4n) is 1.38. The van der Waals surface area contributed by atoms with Crippen molar-refractivity contribution in [2.75, 3.05) is 7.11 Å². The lowest BCUT2D eigenvalue weighted by molar-refractivity contribution is 0.0965. The molecule has 1 aliphatic rings. The molecular formula is C9H8INO2. The number of halogens is 1. The van der Waals surface area contributed by atoms with Crippen LogP contribution in [0.15, 0.2) is 12.1 Å². The maximum absolute atomic E-state index is 11.3. The molecule has 2 rings (SSSR count). The predicted molar refractivity (Wildman–Crippen MR) is 56.9 cm³/mol. The largest absolute Gasteiger partial charge is 0.497 e. The lowest BCUT2D eigenvalue weighted by Crippen LogP contribution is -2.12. The summed E-state index contributed by atoms with van der Waals surface area (Å²) in [4.78, 5) is 11.3. The lowest BCUT2D eigenvalue weighted by atomic mass is 10.1. The van der Waals surface area contributed by atoms with E-state index in [4.69, 9.17) is 4.74 Å². The molecule has 0 bridgehead atoms. The van der Waals surface area contributed by atoms with E-state index in [1.54, 1.807) is 13.2 Å². The van der Waals surface area contributed by atoms with Crippen LogP contribution in [0.5, 0.6) is 5.75 Å². The highest BCUT2D eigenvalue weighted by Crippen LogP contribution is 2.26. The van der Waals surface area contributed by atoms with Gasteiger partial charge in [0.05, 0.1) is 7.11 Å². The Morgan fingerprint density at radius 3 is 3.00 bits per heavy atom. The summed E-state index contributed by atoms with van der Waals surface area (Å²) in [5.41, 5.74) is 1.81. The lowest BCUT2D eigenvalue weighted by Gasteiger charge is -2.03. The second-order valence-corrected chi connectivity index (χ2v) is 3.98. The molecule has 1 amide bonds. The molecule has 0 radical (unpaired) electrons. The molecule has 3 nitrogen and oxygen atoms in total. The van der Waals surface area contributed by atoms with Crippen LogP contribution in [0.2, 0.25) is 0 Å². The Morgan fingerprint density at radius 1 is 1.54 bits per heavy atom. The van der Waals surface area contributed by atoms with E-state index in [1.807, 2.05) is 6.07 Å². The molecule has 0 fully saturated rings. The SMILES string of the molecule is COc1cc(I)c2c(c1)C(=O)NC2. The molecule has 0 unspecified atom stereocenters. The minimum Gasteiger partial charge on any atom is -0.497 e. The molecule has 1 aromatic carbocycles. The van der Waals surface area contributed by atoms with Crippen LogP contribution in [-0.4, -0.2) is 13.0 Å². The first-order valence-electron chi connectivity index (χ1n) is 3.87. The molecule has 1 heterocycles. The normalized spacial score (nSPS) is 13.8. The average Bonchev–Trinajstić information content (AvgIpc) is 2.48. The van der Waals surface area contributed by atoms with Crippen LogP contribution < -0.4 is 10.1 Å². The van der Waals surface area contributed by atoms with Crippen LogP contribution in [0.25, 0.3) is 0 Å². The van der Waals surface area contributed by atoms with E-state index in [1.165, 1.54) is 0 Å². The van der Waals surface area contributed by atoms with Gasteiger partial charge in [-0.2, -0.15) is 0 Å². The number of fused-ring (bicyclic) bond motifs is 1. The summed E-state index contributed by atoms with van der Waals surface area (Å²) in [6.45, 7) is 0.635. The highest BCUT2D eigenvalue weighted by molar-refractivity contribution is 14.1.